The van der Waals surface area contributed by atoms with Crippen molar-refractivity contribution in [3.63, 3.8) is 0 Å². The third-order valence-electron chi connectivity index (χ3n) is 2.16. The Morgan fingerprint density at radius 2 is 2.43 bits per heavy atom. The Balaban J connectivity index is 2.84. The monoisotopic (exact) mass is 216 g/mol. The molecule has 0 aliphatic heterocycles. The van der Waals surface area contributed by atoms with Gasteiger partial charge >= 0.3 is 5.97 Å². The minimum absolute atomic E-state index is 0.403. The molecule has 1 rings (SSSR count). The number of aliphatic carboxylic acids is 1. The summed E-state index contributed by atoms with van der Waals surface area (Å²) in [6, 6.07) is 0. The number of imidazole rings is 1. The zero-order valence-corrected chi connectivity index (χ0v) is 8.95. The van der Waals surface area contributed by atoms with Gasteiger partial charge in [-0.05, 0) is 6.92 Å². The van der Waals surface area contributed by atoms with Gasteiger partial charge in [-0.3, -0.25) is 4.79 Å². The van der Waals surface area contributed by atoms with Crippen molar-refractivity contribution < 1.29 is 9.90 Å². The van der Waals surface area contributed by atoms with Crippen LogP contribution in [-0.2, 0) is 17.8 Å². The molecule has 1 unspecified atom stereocenters. The van der Waals surface area contributed by atoms with Crippen molar-refractivity contribution in [2.75, 3.05) is 0 Å². The predicted molar refractivity (Wildman–Crippen MR) is 53.4 cm³/mol. The fourth-order valence-electron chi connectivity index (χ4n) is 1.23. The second-order valence-electron chi connectivity index (χ2n) is 3.21. The quantitative estimate of drug-likeness (QED) is 0.835. The summed E-state index contributed by atoms with van der Waals surface area (Å²) in [5.41, 5.74) is 0.795. The van der Waals surface area contributed by atoms with Crippen molar-refractivity contribution in [2.45, 2.75) is 26.8 Å². The summed E-state index contributed by atoms with van der Waals surface area (Å²) < 4.78 is 1.86. The van der Waals surface area contributed by atoms with E-state index in [1.165, 1.54) is 0 Å². The lowest BCUT2D eigenvalue weighted by Crippen LogP contribution is -2.14. The normalized spacial score (nSPS) is 12.8. The molecule has 14 heavy (non-hydrogen) atoms. The average molecular weight is 217 g/mol. The molecule has 1 N–H and O–H groups in total. The molecule has 1 atom stereocenters. The molecule has 1 aromatic rings. The molecule has 0 saturated heterocycles. The highest BCUT2D eigenvalue weighted by atomic mass is 35.5. The van der Waals surface area contributed by atoms with Gasteiger partial charge in [0.1, 0.15) is 5.15 Å². The molecule has 0 amide bonds. The first-order chi connectivity index (χ1) is 6.56. The van der Waals surface area contributed by atoms with E-state index < -0.39 is 11.9 Å². The molecule has 1 heterocycles. The number of hydrogen-bond donors (Lipinski definition) is 1. The lowest BCUT2D eigenvalue weighted by atomic mass is 10.1. The van der Waals surface area contributed by atoms with Gasteiger partial charge in [0, 0.05) is 13.0 Å². The number of aryl methyl sites for hydroxylation is 1. The molecule has 0 aromatic carbocycles. The number of carbonyl (C=O) groups is 1. The van der Waals surface area contributed by atoms with Gasteiger partial charge in [-0.2, -0.15) is 0 Å². The highest BCUT2D eigenvalue weighted by molar-refractivity contribution is 6.30. The van der Waals surface area contributed by atoms with Crippen molar-refractivity contribution >= 4 is 17.6 Å². The first-order valence-electron chi connectivity index (χ1n) is 4.48. The van der Waals surface area contributed by atoms with Crippen LogP contribution in [0.2, 0.25) is 5.15 Å². The Kier molecular flexibility index (Phi) is 3.52. The van der Waals surface area contributed by atoms with Crippen molar-refractivity contribution in [3.05, 3.63) is 17.2 Å². The standard InChI is InChI=1S/C9H13ClN2O2/c1-3-12-5-11-8(10)7(12)4-6(2)9(13)14/h5-6H,3-4H2,1-2H3,(H,13,14). The van der Waals surface area contributed by atoms with E-state index in [0.29, 0.717) is 11.6 Å². The molecule has 4 nitrogen and oxygen atoms in total. The van der Waals surface area contributed by atoms with Crippen molar-refractivity contribution in [2.24, 2.45) is 5.92 Å². The first kappa shape index (κ1) is 11.0. The molecule has 5 heteroatoms. The summed E-state index contributed by atoms with van der Waals surface area (Å²) in [5, 5.41) is 9.17. The van der Waals surface area contributed by atoms with Gasteiger partial charge < -0.3 is 9.67 Å². The molecular weight excluding hydrogens is 204 g/mol. The molecule has 0 saturated carbocycles. The van der Waals surface area contributed by atoms with Gasteiger partial charge in [0.05, 0.1) is 17.9 Å². The summed E-state index contributed by atoms with van der Waals surface area (Å²) in [6.45, 7) is 4.37. The first-order valence-corrected chi connectivity index (χ1v) is 4.86. The maximum Gasteiger partial charge on any atom is 0.306 e. The number of nitrogens with zero attached hydrogens (tertiary/aromatic N) is 2. The zero-order chi connectivity index (χ0) is 10.7. The van der Waals surface area contributed by atoms with Crippen LogP contribution in [0.25, 0.3) is 0 Å². The number of hydrogen-bond acceptors (Lipinski definition) is 2. The van der Waals surface area contributed by atoms with Crippen molar-refractivity contribution in [1.29, 1.82) is 0 Å². The van der Waals surface area contributed by atoms with E-state index >= 15 is 0 Å². The summed E-state index contributed by atoms with van der Waals surface area (Å²) in [4.78, 5) is 14.6. The van der Waals surface area contributed by atoms with Crippen LogP contribution in [0.3, 0.4) is 0 Å². The third kappa shape index (κ3) is 2.26. The summed E-state index contributed by atoms with van der Waals surface area (Å²) in [7, 11) is 0. The number of aromatic nitrogens is 2. The van der Waals surface area contributed by atoms with Gasteiger partial charge in [-0.1, -0.05) is 18.5 Å². The van der Waals surface area contributed by atoms with Crippen LogP contribution < -0.4 is 0 Å². The summed E-state index contributed by atoms with van der Waals surface area (Å²) in [6.07, 6.45) is 2.05. The minimum atomic E-state index is -0.815. The highest BCUT2D eigenvalue weighted by Gasteiger charge is 2.16. The van der Waals surface area contributed by atoms with E-state index in [9.17, 15) is 4.79 Å². The molecule has 0 aliphatic rings. The van der Waals surface area contributed by atoms with Crippen LogP contribution >= 0.6 is 11.6 Å². The molecule has 0 bridgehead atoms. The molecule has 78 valence electrons. The Bertz CT molecular complexity index is 336. The van der Waals surface area contributed by atoms with Crippen molar-refractivity contribution in [3.8, 4) is 0 Å². The molecular formula is C9H13ClN2O2. The lowest BCUT2D eigenvalue weighted by molar-refractivity contribution is -0.141. The Morgan fingerprint density at radius 1 is 1.79 bits per heavy atom. The number of rotatable bonds is 4. The van der Waals surface area contributed by atoms with Gasteiger partial charge in [-0.15, -0.1) is 0 Å². The Labute approximate surface area is 87.5 Å². The molecule has 0 fully saturated rings. The molecule has 1 aromatic heterocycles. The maximum absolute atomic E-state index is 10.7. The number of carboxylic acid groups (broad SMARTS) is 1. The SMILES string of the molecule is CCn1cnc(Cl)c1CC(C)C(=O)O. The predicted octanol–water partition coefficient (Wildman–Crippen LogP) is 1.82. The number of halogens is 1. The smallest absolute Gasteiger partial charge is 0.306 e. The lowest BCUT2D eigenvalue weighted by Gasteiger charge is -2.08. The molecule has 0 radical (unpaired) electrons. The van der Waals surface area contributed by atoms with Gasteiger partial charge in [-0.25, -0.2) is 4.98 Å². The summed E-state index contributed by atoms with van der Waals surface area (Å²) >= 11 is 5.85. The zero-order valence-electron chi connectivity index (χ0n) is 8.20. The fourth-order valence-corrected chi connectivity index (χ4v) is 1.46. The van der Waals surface area contributed by atoms with Crippen molar-refractivity contribution in [1.82, 2.24) is 9.55 Å². The molecule has 0 spiro atoms. The van der Waals surface area contributed by atoms with Crippen LogP contribution in [0, 0.1) is 5.92 Å². The van der Waals surface area contributed by atoms with Crippen LogP contribution in [0.15, 0.2) is 6.33 Å². The summed E-state index contributed by atoms with van der Waals surface area (Å²) in [5.74, 6) is -1.25. The van der Waals surface area contributed by atoms with Crippen LogP contribution in [-0.4, -0.2) is 20.6 Å². The van der Waals surface area contributed by atoms with Crippen LogP contribution in [0.1, 0.15) is 19.5 Å². The van der Waals surface area contributed by atoms with E-state index in [2.05, 4.69) is 4.98 Å². The van der Waals surface area contributed by atoms with E-state index in [-0.39, 0.29) is 0 Å². The average Bonchev–Trinajstić information content (AvgIpc) is 2.47. The van der Waals surface area contributed by atoms with Gasteiger partial charge in [0.2, 0.25) is 0 Å². The Morgan fingerprint density at radius 3 is 2.93 bits per heavy atom. The highest BCUT2D eigenvalue weighted by Crippen LogP contribution is 2.17. The minimum Gasteiger partial charge on any atom is -0.481 e. The van der Waals surface area contributed by atoms with E-state index in [1.54, 1.807) is 13.3 Å². The third-order valence-corrected chi connectivity index (χ3v) is 2.47. The van der Waals surface area contributed by atoms with Crippen LogP contribution in [0.4, 0.5) is 0 Å². The fraction of sp³-hybridized carbons (Fsp3) is 0.556. The molecule has 0 aliphatic carbocycles. The van der Waals surface area contributed by atoms with E-state index in [1.807, 2.05) is 11.5 Å². The van der Waals surface area contributed by atoms with E-state index in [4.69, 9.17) is 16.7 Å². The van der Waals surface area contributed by atoms with Crippen LogP contribution in [0.5, 0.6) is 0 Å². The largest absolute Gasteiger partial charge is 0.481 e. The topological polar surface area (TPSA) is 55.1 Å². The Hall–Kier alpha value is -1.03. The number of carboxylic acids is 1. The van der Waals surface area contributed by atoms with Gasteiger partial charge in [0.15, 0.2) is 0 Å². The maximum atomic E-state index is 10.7. The second-order valence-corrected chi connectivity index (χ2v) is 3.57. The van der Waals surface area contributed by atoms with Gasteiger partial charge in [0.25, 0.3) is 0 Å². The van der Waals surface area contributed by atoms with E-state index in [0.717, 1.165) is 12.2 Å². The second kappa shape index (κ2) is 4.46.